The van der Waals surface area contributed by atoms with Gasteiger partial charge in [0.15, 0.2) is 0 Å². The van der Waals surface area contributed by atoms with Gasteiger partial charge in [-0.1, -0.05) is 6.92 Å². The summed E-state index contributed by atoms with van der Waals surface area (Å²) in [7, 11) is 0. The maximum absolute atomic E-state index is 12.6. The molecular formula is C12H15FN2O3. The molecule has 1 rings (SSSR count). The Labute approximate surface area is 104 Å². The fourth-order valence-electron chi connectivity index (χ4n) is 1.25. The largest absolute Gasteiger partial charge is 0.394 e. The van der Waals surface area contributed by atoms with E-state index in [9.17, 15) is 14.0 Å². The van der Waals surface area contributed by atoms with Crippen molar-refractivity contribution in [2.45, 2.75) is 19.4 Å². The van der Waals surface area contributed by atoms with E-state index < -0.39 is 23.7 Å². The van der Waals surface area contributed by atoms with Crippen LogP contribution < -0.4 is 10.6 Å². The number of aliphatic hydroxyl groups is 1. The Bertz CT molecular complexity index is 416. The maximum Gasteiger partial charge on any atom is 0.313 e. The third-order valence-corrected chi connectivity index (χ3v) is 2.36. The normalized spacial score (nSPS) is 11.7. The quantitative estimate of drug-likeness (QED) is 0.690. The first kappa shape index (κ1) is 14.1. The Morgan fingerprint density at radius 1 is 1.28 bits per heavy atom. The molecule has 0 aromatic heterocycles. The third kappa shape index (κ3) is 4.14. The molecule has 0 radical (unpaired) electrons. The monoisotopic (exact) mass is 254 g/mol. The lowest BCUT2D eigenvalue weighted by Gasteiger charge is -2.13. The van der Waals surface area contributed by atoms with E-state index in [-0.39, 0.29) is 6.61 Å². The molecule has 0 fully saturated rings. The van der Waals surface area contributed by atoms with Crippen LogP contribution in [0.4, 0.5) is 10.1 Å². The van der Waals surface area contributed by atoms with Gasteiger partial charge in [-0.2, -0.15) is 0 Å². The number of hydrogen-bond acceptors (Lipinski definition) is 3. The van der Waals surface area contributed by atoms with Crippen LogP contribution in [0.25, 0.3) is 0 Å². The second-order valence-electron chi connectivity index (χ2n) is 3.72. The molecule has 0 saturated heterocycles. The number of rotatable bonds is 4. The summed E-state index contributed by atoms with van der Waals surface area (Å²) in [4.78, 5) is 22.9. The van der Waals surface area contributed by atoms with E-state index in [1.807, 2.05) is 0 Å². The SMILES string of the molecule is CC[C@@H](CO)NC(=O)C(=O)Nc1ccc(F)cc1. The van der Waals surface area contributed by atoms with Gasteiger partial charge in [0.2, 0.25) is 0 Å². The molecule has 2 amide bonds. The van der Waals surface area contributed by atoms with Gasteiger partial charge < -0.3 is 15.7 Å². The Kier molecular flexibility index (Phi) is 5.26. The first-order valence-corrected chi connectivity index (χ1v) is 5.55. The molecule has 1 atom stereocenters. The highest BCUT2D eigenvalue weighted by Crippen LogP contribution is 2.07. The molecule has 0 aliphatic heterocycles. The average Bonchev–Trinajstić information content (AvgIpc) is 2.38. The molecule has 1 aromatic carbocycles. The van der Waals surface area contributed by atoms with Crippen LogP contribution in [-0.2, 0) is 9.59 Å². The number of nitrogens with one attached hydrogen (secondary N) is 2. The van der Waals surface area contributed by atoms with E-state index in [0.717, 1.165) is 0 Å². The summed E-state index contributed by atoms with van der Waals surface area (Å²) in [6, 6.07) is 4.61. The van der Waals surface area contributed by atoms with E-state index in [2.05, 4.69) is 10.6 Å². The average molecular weight is 254 g/mol. The second kappa shape index (κ2) is 6.70. The van der Waals surface area contributed by atoms with E-state index in [0.29, 0.717) is 12.1 Å². The highest BCUT2D eigenvalue weighted by atomic mass is 19.1. The third-order valence-electron chi connectivity index (χ3n) is 2.36. The van der Waals surface area contributed by atoms with Crippen molar-refractivity contribution in [1.82, 2.24) is 5.32 Å². The summed E-state index contributed by atoms with van der Waals surface area (Å²) in [6.45, 7) is 1.55. The fraction of sp³-hybridized carbons (Fsp3) is 0.333. The predicted octanol–water partition coefficient (Wildman–Crippen LogP) is 0.651. The van der Waals surface area contributed by atoms with Crippen molar-refractivity contribution in [2.75, 3.05) is 11.9 Å². The van der Waals surface area contributed by atoms with E-state index in [1.54, 1.807) is 6.92 Å². The predicted molar refractivity (Wildman–Crippen MR) is 64.3 cm³/mol. The van der Waals surface area contributed by atoms with Crippen LogP contribution in [0.15, 0.2) is 24.3 Å². The topological polar surface area (TPSA) is 78.4 Å². The summed E-state index contributed by atoms with van der Waals surface area (Å²) in [5.74, 6) is -2.11. The number of anilines is 1. The van der Waals surface area contributed by atoms with Gasteiger partial charge in [0.1, 0.15) is 5.82 Å². The van der Waals surface area contributed by atoms with Gasteiger partial charge >= 0.3 is 11.8 Å². The lowest BCUT2D eigenvalue weighted by Crippen LogP contribution is -2.43. The minimum Gasteiger partial charge on any atom is -0.394 e. The van der Waals surface area contributed by atoms with Crippen LogP contribution in [0.3, 0.4) is 0 Å². The Hall–Kier alpha value is -1.95. The van der Waals surface area contributed by atoms with Gasteiger partial charge in [0.25, 0.3) is 0 Å². The van der Waals surface area contributed by atoms with Crippen molar-refractivity contribution in [2.24, 2.45) is 0 Å². The van der Waals surface area contributed by atoms with Gasteiger partial charge in [0.05, 0.1) is 12.6 Å². The molecule has 0 spiro atoms. The summed E-state index contributed by atoms with van der Waals surface area (Å²) < 4.78 is 12.6. The lowest BCUT2D eigenvalue weighted by molar-refractivity contribution is -0.136. The number of halogens is 1. The first-order chi connectivity index (χ1) is 8.56. The van der Waals surface area contributed by atoms with Crippen molar-refractivity contribution < 1.29 is 19.1 Å². The molecular weight excluding hydrogens is 239 g/mol. The molecule has 0 unspecified atom stereocenters. The highest BCUT2D eigenvalue weighted by Gasteiger charge is 2.17. The lowest BCUT2D eigenvalue weighted by atomic mass is 10.2. The minimum absolute atomic E-state index is 0.230. The van der Waals surface area contributed by atoms with Crippen LogP contribution in [0, 0.1) is 5.82 Å². The Balaban J connectivity index is 2.54. The Morgan fingerprint density at radius 2 is 1.89 bits per heavy atom. The molecule has 98 valence electrons. The first-order valence-electron chi connectivity index (χ1n) is 5.55. The van der Waals surface area contributed by atoms with Gasteiger partial charge in [-0.3, -0.25) is 9.59 Å². The fourth-order valence-corrected chi connectivity index (χ4v) is 1.25. The summed E-state index contributed by atoms with van der Waals surface area (Å²) in [5.41, 5.74) is 0.327. The molecule has 0 aliphatic rings. The van der Waals surface area contributed by atoms with Gasteiger partial charge in [0, 0.05) is 5.69 Å². The number of carbonyl (C=O) groups is 2. The second-order valence-corrected chi connectivity index (χ2v) is 3.72. The molecule has 0 heterocycles. The van der Waals surface area contributed by atoms with Gasteiger partial charge in [-0.05, 0) is 30.7 Å². The van der Waals surface area contributed by atoms with Gasteiger partial charge in [-0.25, -0.2) is 4.39 Å². The molecule has 0 aliphatic carbocycles. The summed E-state index contributed by atoms with van der Waals surface area (Å²) in [6.07, 6.45) is 0.520. The number of benzene rings is 1. The molecule has 0 saturated carbocycles. The maximum atomic E-state index is 12.6. The number of aliphatic hydroxyl groups excluding tert-OH is 1. The molecule has 1 aromatic rings. The zero-order valence-electron chi connectivity index (χ0n) is 9.94. The molecule has 0 bridgehead atoms. The number of amides is 2. The summed E-state index contributed by atoms with van der Waals surface area (Å²) >= 11 is 0. The molecule has 5 nitrogen and oxygen atoms in total. The van der Waals surface area contributed by atoms with Crippen molar-refractivity contribution in [3.05, 3.63) is 30.1 Å². The van der Waals surface area contributed by atoms with Crippen LogP contribution in [-0.4, -0.2) is 29.6 Å². The smallest absolute Gasteiger partial charge is 0.313 e. The van der Waals surface area contributed by atoms with Crippen molar-refractivity contribution in [1.29, 1.82) is 0 Å². The standard InChI is InChI=1S/C12H15FN2O3/c1-2-9(7-16)14-11(17)12(18)15-10-5-3-8(13)4-6-10/h3-6,9,16H,2,7H2,1H3,(H,14,17)(H,15,18)/t9-/m0/s1. The van der Waals surface area contributed by atoms with Gasteiger partial charge in [-0.15, -0.1) is 0 Å². The molecule has 3 N–H and O–H groups in total. The van der Waals surface area contributed by atoms with Crippen LogP contribution in [0.2, 0.25) is 0 Å². The van der Waals surface area contributed by atoms with E-state index in [4.69, 9.17) is 5.11 Å². The van der Waals surface area contributed by atoms with E-state index in [1.165, 1.54) is 24.3 Å². The van der Waals surface area contributed by atoms with Crippen LogP contribution in [0.1, 0.15) is 13.3 Å². The number of hydrogen-bond donors (Lipinski definition) is 3. The Morgan fingerprint density at radius 3 is 2.39 bits per heavy atom. The number of carbonyl (C=O) groups excluding carboxylic acids is 2. The van der Waals surface area contributed by atoms with Crippen LogP contribution in [0.5, 0.6) is 0 Å². The highest BCUT2D eigenvalue weighted by molar-refractivity contribution is 6.39. The van der Waals surface area contributed by atoms with Crippen molar-refractivity contribution >= 4 is 17.5 Å². The van der Waals surface area contributed by atoms with Crippen molar-refractivity contribution in [3.8, 4) is 0 Å². The minimum atomic E-state index is -0.853. The molecule has 18 heavy (non-hydrogen) atoms. The zero-order valence-corrected chi connectivity index (χ0v) is 9.94. The zero-order chi connectivity index (χ0) is 13.5. The summed E-state index contributed by atoms with van der Waals surface area (Å²) in [5, 5.41) is 13.6. The molecule has 6 heteroatoms. The van der Waals surface area contributed by atoms with Crippen LogP contribution >= 0.6 is 0 Å². The van der Waals surface area contributed by atoms with Crippen molar-refractivity contribution in [3.63, 3.8) is 0 Å². The van der Waals surface area contributed by atoms with E-state index >= 15 is 0 Å².